The Bertz CT molecular complexity index is 218. The van der Waals surface area contributed by atoms with Crippen LogP contribution in [0.1, 0.15) is 5.56 Å². The van der Waals surface area contributed by atoms with Gasteiger partial charge in [-0.05, 0) is 24.6 Å². The summed E-state index contributed by atoms with van der Waals surface area (Å²) >= 11 is 0. The van der Waals surface area contributed by atoms with E-state index in [0.717, 1.165) is 0 Å². The van der Waals surface area contributed by atoms with Gasteiger partial charge in [-0.1, -0.05) is 6.07 Å². The van der Waals surface area contributed by atoms with Crippen molar-refractivity contribution in [1.82, 2.24) is 0 Å². The number of aromatic hydroxyl groups is 1. The molecule has 0 bridgehead atoms. The van der Waals surface area contributed by atoms with Crippen LogP contribution in [0, 0.1) is 6.92 Å². The molecule has 0 aliphatic carbocycles. The zero-order valence-corrected chi connectivity index (χ0v) is 4.79. The highest BCUT2D eigenvalue weighted by Crippen LogP contribution is 2.24. The molecule has 9 heavy (non-hydrogen) atoms. The molecule has 1 N–H and O–H groups in total. The Morgan fingerprint density at radius 2 is 2.11 bits per heavy atom. The molecule has 0 atom stereocenters. The largest absolute Gasteiger partial charge is 0.504 e. The van der Waals surface area contributed by atoms with Crippen molar-refractivity contribution in [1.29, 1.82) is 0 Å². The predicted molar refractivity (Wildman–Crippen MR) is 32.7 cm³/mol. The second-order valence-electron chi connectivity index (χ2n) is 1.80. The summed E-state index contributed by atoms with van der Waals surface area (Å²) in [6, 6.07) is 4.18. The maximum absolute atomic E-state index is 10.5. The molecule has 0 aliphatic heterocycles. The van der Waals surface area contributed by atoms with Gasteiger partial charge in [0.05, 0.1) is 0 Å². The number of rotatable bonds is 0. The number of hydrogen-bond acceptors (Lipinski definition) is 1. The van der Waals surface area contributed by atoms with Gasteiger partial charge in [0, 0.05) is 0 Å². The zero-order valence-electron chi connectivity index (χ0n) is 4.79. The summed E-state index contributed by atoms with van der Waals surface area (Å²) in [5.74, 6) is -0.593. The van der Waals surface area contributed by atoms with E-state index < -0.39 is 0 Å². The zero-order chi connectivity index (χ0) is 6.85. The van der Waals surface area contributed by atoms with Crippen LogP contribution in [0.4, 0.5) is 0 Å². The Hall–Kier alpha value is -1.18. The maximum Gasteiger partial charge on any atom is 0.220 e. The average molecular weight is 122 g/mol. The molecule has 0 aliphatic rings. The van der Waals surface area contributed by atoms with E-state index in [9.17, 15) is 5.11 Å². The van der Waals surface area contributed by atoms with Crippen LogP contribution in [0.15, 0.2) is 18.2 Å². The summed E-state index contributed by atoms with van der Waals surface area (Å²) in [5, 5.41) is 19.2. The minimum Gasteiger partial charge on any atom is -0.504 e. The molecule has 0 aromatic heterocycles. The van der Waals surface area contributed by atoms with Crippen molar-refractivity contribution in [2.45, 2.75) is 0 Å². The summed E-state index contributed by atoms with van der Waals surface area (Å²) < 4.78 is 0. The van der Waals surface area contributed by atoms with Gasteiger partial charge in [0.2, 0.25) is 5.75 Å². The minimum atomic E-state index is -0.359. The van der Waals surface area contributed by atoms with Gasteiger partial charge in [-0.3, -0.25) is 5.11 Å². The van der Waals surface area contributed by atoms with E-state index >= 15 is 0 Å². The maximum atomic E-state index is 10.5. The highest BCUT2D eigenvalue weighted by Gasteiger charge is 1.97. The molecule has 1 aromatic carbocycles. The average Bonchev–Trinajstić information content (AvgIpc) is 1.80. The van der Waals surface area contributed by atoms with Gasteiger partial charge in [0.1, 0.15) is 0 Å². The van der Waals surface area contributed by atoms with Gasteiger partial charge in [0.25, 0.3) is 0 Å². The Kier molecular flexibility index (Phi) is 1.30. The molecule has 0 saturated carbocycles. The van der Waals surface area contributed by atoms with Crippen molar-refractivity contribution in [3.8, 4) is 11.5 Å². The van der Waals surface area contributed by atoms with E-state index in [4.69, 9.17) is 5.11 Å². The molecular weight excluding hydrogens is 116 g/mol. The lowest BCUT2D eigenvalue weighted by Crippen LogP contribution is -1.69. The van der Waals surface area contributed by atoms with Crippen molar-refractivity contribution < 1.29 is 10.2 Å². The first-order valence-electron chi connectivity index (χ1n) is 2.52. The normalized spacial score (nSPS) is 9.44. The second-order valence-corrected chi connectivity index (χ2v) is 1.80. The molecule has 2 radical (unpaired) electrons. The molecule has 1 rings (SSSR count). The highest BCUT2D eigenvalue weighted by molar-refractivity contribution is 5.40. The van der Waals surface area contributed by atoms with Crippen LogP contribution < -0.4 is 0 Å². The lowest BCUT2D eigenvalue weighted by molar-refractivity contribution is 0.325. The molecule has 0 saturated heterocycles. The fourth-order valence-corrected chi connectivity index (χ4v) is 0.563. The summed E-state index contributed by atoms with van der Waals surface area (Å²) in [7, 11) is 0. The number of hydrogen-bond donors (Lipinski definition) is 1. The molecule has 2 heteroatoms. The first-order valence-corrected chi connectivity index (χ1v) is 2.52. The molecule has 0 unspecified atom stereocenters. The number of phenols is 1. The van der Waals surface area contributed by atoms with E-state index in [1.165, 1.54) is 12.1 Å². The van der Waals surface area contributed by atoms with E-state index in [1.54, 1.807) is 6.07 Å². The Morgan fingerprint density at radius 3 is 2.56 bits per heavy atom. The van der Waals surface area contributed by atoms with Crippen molar-refractivity contribution in [2.24, 2.45) is 0 Å². The fourth-order valence-electron chi connectivity index (χ4n) is 0.563. The standard InChI is InChI=1S/C7H6O2/c1-5-2-3-6(8)7(9)4-5/h2-4,9H,1H2. The van der Waals surface area contributed by atoms with E-state index in [1.807, 2.05) is 0 Å². The van der Waals surface area contributed by atoms with E-state index in [-0.39, 0.29) is 11.5 Å². The lowest BCUT2D eigenvalue weighted by Gasteiger charge is -1.93. The molecule has 46 valence electrons. The SMILES string of the molecule is [CH2]c1ccc([O])c(O)c1. The van der Waals surface area contributed by atoms with Crippen LogP contribution in [-0.4, -0.2) is 5.11 Å². The van der Waals surface area contributed by atoms with E-state index in [2.05, 4.69) is 6.92 Å². The molecule has 0 fully saturated rings. The monoisotopic (exact) mass is 122 g/mol. The van der Waals surface area contributed by atoms with Crippen LogP contribution in [0.25, 0.3) is 0 Å². The van der Waals surface area contributed by atoms with Gasteiger partial charge in [-0.25, -0.2) is 0 Å². The number of benzene rings is 1. The van der Waals surface area contributed by atoms with Crippen molar-refractivity contribution in [3.63, 3.8) is 0 Å². The smallest absolute Gasteiger partial charge is 0.220 e. The lowest BCUT2D eigenvalue weighted by atomic mass is 10.2. The first-order chi connectivity index (χ1) is 4.20. The third-order valence-electron chi connectivity index (χ3n) is 1.02. The van der Waals surface area contributed by atoms with Crippen molar-refractivity contribution in [2.75, 3.05) is 0 Å². The predicted octanol–water partition coefficient (Wildman–Crippen LogP) is 1.72. The van der Waals surface area contributed by atoms with Gasteiger partial charge in [-0.2, -0.15) is 0 Å². The van der Waals surface area contributed by atoms with Crippen LogP contribution in [0.5, 0.6) is 11.5 Å². The Balaban J connectivity index is 3.17. The van der Waals surface area contributed by atoms with Crippen molar-refractivity contribution in [3.05, 3.63) is 30.7 Å². The summed E-state index contributed by atoms with van der Waals surface area (Å²) in [6.45, 7) is 3.52. The summed E-state index contributed by atoms with van der Waals surface area (Å²) in [6.07, 6.45) is 0. The molecule has 1 aromatic rings. The summed E-state index contributed by atoms with van der Waals surface area (Å²) in [4.78, 5) is 0. The molecule has 2 nitrogen and oxygen atoms in total. The topological polar surface area (TPSA) is 40.1 Å². The fraction of sp³-hybridized carbons (Fsp3) is 0. The second kappa shape index (κ2) is 1.97. The Morgan fingerprint density at radius 1 is 1.44 bits per heavy atom. The van der Waals surface area contributed by atoms with E-state index in [0.29, 0.717) is 5.56 Å². The highest BCUT2D eigenvalue weighted by atomic mass is 16.3. The van der Waals surface area contributed by atoms with Gasteiger partial charge < -0.3 is 5.11 Å². The third-order valence-corrected chi connectivity index (χ3v) is 1.02. The van der Waals surface area contributed by atoms with Crippen LogP contribution >= 0.6 is 0 Å². The van der Waals surface area contributed by atoms with Crippen LogP contribution in [0.3, 0.4) is 0 Å². The van der Waals surface area contributed by atoms with Gasteiger partial charge in [0.15, 0.2) is 5.75 Å². The molecular formula is C7H6O2. The van der Waals surface area contributed by atoms with Crippen LogP contribution in [0.2, 0.25) is 0 Å². The first kappa shape index (κ1) is 5.95. The molecule has 0 spiro atoms. The Labute approximate surface area is 53.4 Å². The van der Waals surface area contributed by atoms with Crippen molar-refractivity contribution >= 4 is 0 Å². The third kappa shape index (κ3) is 1.13. The van der Waals surface area contributed by atoms with Gasteiger partial charge in [-0.15, -0.1) is 0 Å². The molecule has 0 amide bonds. The number of phenolic OH excluding ortho intramolecular Hbond substituents is 1. The van der Waals surface area contributed by atoms with Crippen LogP contribution in [-0.2, 0) is 5.11 Å². The quantitative estimate of drug-likeness (QED) is 0.559. The minimum absolute atomic E-state index is 0.234. The molecule has 0 heterocycles. The van der Waals surface area contributed by atoms with Gasteiger partial charge >= 0.3 is 0 Å². The summed E-state index contributed by atoms with van der Waals surface area (Å²) in [5.41, 5.74) is 0.645.